The monoisotopic (exact) mass is 319 g/mol. The van der Waals surface area contributed by atoms with Crippen molar-refractivity contribution in [3.8, 4) is 0 Å². The SMILES string of the molecule is Cn1nccc1C(=O)NC(c1c(F)cccc1F)C(F)(F)F. The molecule has 1 aromatic heterocycles. The summed E-state index contributed by atoms with van der Waals surface area (Å²) in [6.45, 7) is 0. The van der Waals surface area contributed by atoms with Gasteiger partial charge in [0.15, 0.2) is 6.04 Å². The molecule has 1 atom stereocenters. The molecule has 0 fully saturated rings. The van der Waals surface area contributed by atoms with Gasteiger partial charge in [-0.3, -0.25) is 9.48 Å². The highest BCUT2D eigenvalue weighted by atomic mass is 19.4. The number of aryl methyl sites for hydroxylation is 1. The van der Waals surface area contributed by atoms with Crippen LogP contribution < -0.4 is 5.32 Å². The standard InChI is InChI=1S/C13H10F5N3O/c1-21-9(5-6-19-21)12(22)20-11(13(16,17)18)10-7(14)3-2-4-8(10)15/h2-6,11H,1H3,(H,20,22). The number of hydrogen-bond acceptors (Lipinski definition) is 2. The average Bonchev–Trinajstić information content (AvgIpc) is 2.82. The minimum absolute atomic E-state index is 0.175. The number of benzene rings is 1. The van der Waals surface area contributed by atoms with Crippen molar-refractivity contribution < 1.29 is 26.7 Å². The number of aromatic nitrogens is 2. The predicted molar refractivity (Wildman–Crippen MR) is 65.8 cm³/mol. The highest BCUT2D eigenvalue weighted by Crippen LogP contribution is 2.35. The summed E-state index contributed by atoms with van der Waals surface area (Å²) in [5, 5.41) is 5.23. The second-order valence-corrected chi connectivity index (χ2v) is 4.42. The minimum Gasteiger partial charge on any atom is -0.335 e. The zero-order chi connectivity index (χ0) is 16.5. The molecule has 4 nitrogen and oxygen atoms in total. The number of rotatable bonds is 3. The highest BCUT2D eigenvalue weighted by Gasteiger charge is 2.45. The van der Waals surface area contributed by atoms with Crippen LogP contribution in [0.2, 0.25) is 0 Å². The van der Waals surface area contributed by atoms with E-state index in [-0.39, 0.29) is 5.69 Å². The molecule has 2 rings (SSSR count). The van der Waals surface area contributed by atoms with Crippen LogP contribution in [0.3, 0.4) is 0 Å². The van der Waals surface area contributed by atoms with Gasteiger partial charge in [0, 0.05) is 13.2 Å². The number of carbonyl (C=O) groups excluding carboxylic acids is 1. The summed E-state index contributed by atoms with van der Waals surface area (Å²) in [5.41, 5.74) is -1.43. The van der Waals surface area contributed by atoms with E-state index in [1.54, 1.807) is 5.32 Å². The first kappa shape index (κ1) is 15.9. The molecule has 1 N–H and O–H groups in total. The summed E-state index contributed by atoms with van der Waals surface area (Å²) in [6, 6.07) is 0.683. The Kier molecular flexibility index (Phi) is 4.16. The van der Waals surface area contributed by atoms with Crippen molar-refractivity contribution in [3.63, 3.8) is 0 Å². The van der Waals surface area contributed by atoms with Crippen molar-refractivity contribution >= 4 is 5.91 Å². The molecule has 0 saturated carbocycles. The van der Waals surface area contributed by atoms with Crippen molar-refractivity contribution in [2.24, 2.45) is 7.05 Å². The third kappa shape index (κ3) is 3.07. The maximum absolute atomic E-state index is 13.6. The maximum Gasteiger partial charge on any atom is 0.413 e. The number of alkyl halides is 3. The second kappa shape index (κ2) is 5.74. The average molecular weight is 319 g/mol. The first-order chi connectivity index (χ1) is 10.2. The minimum atomic E-state index is -5.07. The van der Waals surface area contributed by atoms with Crippen LogP contribution in [-0.2, 0) is 7.05 Å². The van der Waals surface area contributed by atoms with Crippen molar-refractivity contribution in [2.75, 3.05) is 0 Å². The van der Waals surface area contributed by atoms with Crippen molar-refractivity contribution in [1.82, 2.24) is 15.1 Å². The van der Waals surface area contributed by atoms with Gasteiger partial charge in [-0.05, 0) is 18.2 Å². The number of nitrogens with zero attached hydrogens (tertiary/aromatic N) is 2. The van der Waals surface area contributed by atoms with E-state index in [4.69, 9.17) is 0 Å². The number of hydrogen-bond donors (Lipinski definition) is 1. The summed E-state index contributed by atoms with van der Waals surface area (Å²) < 4.78 is 67.5. The molecule has 0 radical (unpaired) electrons. The van der Waals surface area contributed by atoms with Gasteiger partial charge < -0.3 is 5.32 Å². The van der Waals surface area contributed by atoms with Crippen LogP contribution in [0.5, 0.6) is 0 Å². The molecule has 0 aliphatic heterocycles. The van der Waals surface area contributed by atoms with E-state index in [0.717, 1.165) is 10.7 Å². The zero-order valence-electron chi connectivity index (χ0n) is 11.2. The van der Waals surface area contributed by atoms with E-state index >= 15 is 0 Å². The van der Waals surface area contributed by atoms with E-state index in [2.05, 4.69) is 5.10 Å². The van der Waals surface area contributed by atoms with Gasteiger partial charge in [-0.15, -0.1) is 0 Å². The normalized spacial score (nSPS) is 13.0. The van der Waals surface area contributed by atoms with Crippen LogP contribution in [0.4, 0.5) is 22.0 Å². The summed E-state index contributed by atoms with van der Waals surface area (Å²) in [4.78, 5) is 11.9. The lowest BCUT2D eigenvalue weighted by Gasteiger charge is -2.22. The van der Waals surface area contributed by atoms with Gasteiger partial charge in [0.2, 0.25) is 0 Å². The predicted octanol–water partition coefficient (Wildman–Crippen LogP) is 2.73. The first-order valence-corrected chi connectivity index (χ1v) is 6.01. The van der Waals surface area contributed by atoms with Crippen molar-refractivity contribution in [2.45, 2.75) is 12.2 Å². The molecule has 118 valence electrons. The molecule has 0 bridgehead atoms. The molecule has 0 saturated heterocycles. The highest BCUT2D eigenvalue weighted by molar-refractivity contribution is 5.92. The third-order valence-corrected chi connectivity index (χ3v) is 2.94. The Bertz CT molecular complexity index is 675. The number of nitrogens with one attached hydrogen (secondary N) is 1. The number of amides is 1. The Morgan fingerprint density at radius 2 is 1.82 bits per heavy atom. The fourth-order valence-corrected chi connectivity index (χ4v) is 1.91. The van der Waals surface area contributed by atoms with Crippen LogP contribution in [-0.4, -0.2) is 21.9 Å². The lowest BCUT2D eigenvalue weighted by Crippen LogP contribution is -2.39. The van der Waals surface area contributed by atoms with E-state index < -0.39 is 35.3 Å². The van der Waals surface area contributed by atoms with Gasteiger partial charge in [-0.25, -0.2) is 8.78 Å². The summed E-state index contributed by atoms with van der Waals surface area (Å²) >= 11 is 0. The number of carbonyl (C=O) groups is 1. The van der Waals surface area contributed by atoms with Gasteiger partial charge in [-0.1, -0.05) is 6.07 Å². The van der Waals surface area contributed by atoms with Crippen LogP contribution in [0.25, 0.3) is 0 Å². The Labute approximate surface area is 121 Å². The Hall–Kier alpha value is -2.45. The lowest BCUT2D eigenvalue weighted by atomic mass is 10.0. The Morgan fingerprint density at radius 3 is 2.27 bits per heavy atom. The molecule has 0 aliphatic carbocycles. The van der Waals surface area contributed by atoms with Gasteiger partial charge in [0.25, 0.3) is 5.91 Å². The summed E-state index contributed by atoms with van der Waals surface area (Å²) in [6.07, 6.45) is -3.86. The second-order valence-electron chi connectivity index (χ2n) is 4.42. The Balaban J connectivity index is 2.41. The van der Waals surface area contributed by atoms with Crippen LogP contribution in [0, 0.1) is 11.6 Å². The summed E-state index contributed by atoms with van der Waals surface area (Å²) in [5.74, 6) is -3.94. The lowest BCUT2D eigenvalue weighted by molar-refractivity contribution is -0.156. The fraction of sp³-hybridized carbons (Fsp3) is 0.231. The van der Waals surface area contributed by atoms with E-state index in [9.17, 15) is 26.7 Å². The molecule has 22 heavy (non-hydrogen) atoms. The van der Waals surface area contributed by atoms with E-state index in [0.29, 0.717) is 12.1 Å². The molecule has 2 aromatic rings. The molecule has 1 unspecified atom stereocenters. The molecule has 9 heteroatoms. The van der Waals surface area contributed by atoms with Gasteiger partial charge in [0.05, 0.1) is 5.56 Å². The van der Waals surface area contributed by atoms with Gasteiger partial charge in [0.1, 0.15) is 17.3 Å². The molecule has 1 heterocycles. The largest absolute Gasteiger partial charge is 0.413 e. The molecule has 1 aromatic carbocycles. The van der Waals surface area contributed by atoms with E-state index in [1.165, 1.54) is 19.3 Å². The van der Waals surface area contributed by atoms with Gasteiger partial charge >= 0.3 is 6.18 Å². The first-order valence-electron chi connectivity index (χ1n) is 6.01. The fourth-order valence-electron chi connectivity index (χ4n) is 1.91. The van der Waals surface area contributed by atoms with Gasteiger partial charge in [-0.2, -0.15) is 18.3 Å². The summed E-state index contributed by atoms with van der Waals surface area (Å²) in [7, 11) is 1.35. The molecule has 1 amide bonds. The van der Waals surface area contributed by atoms with Crippen LogP contribution >= 0.6 is 0 Å². The molecular formula is C13H10F5N3O. The quantitative estimate of drug-likeness (QED) is 0.884. The smallest absolute Gasteiger partial charge is 0.335 e. The van der Waals surface area contributed by atoms with Crippen molar-refractivity contribution in [1.29, 1.82) is 0 Å². The van der Waals surface area contributed by atoms with Crippen molar-refractivity contribution in [3.05, 3.63) is 53.4 Å². The molecular weight excluding hydrogens is 309 g/mol. The van der Waals surface area contributed by atoms with Crippen LogP contribution in [0.15, 0.2) is 30.5 Å². The Morgan fingerprint density at radius 1 is 1.23 bits per heavy atom. The molecule has 0 aliphatic rings. The van der Waals surface area contributed by atoms with E-state index in [1.807, 2.05) is 0 Å². The molecule has 0 spiro atoms. The topological polar surface area (TPSA) is 46.9 Å². The third-order valence-electron chi connectivity index (χ3n) is 2.94. The maximum atomic E-state index is 13.6. The zero-order valence-corrected chi connectivity index (χ0v) is 11.2. The van der Waals surface area contributed by atoms with Crippen LogP contribution in [0.1, 0.15) is 22.1 Å². The number of halogens is 5.